The number of nitrogens with zero attached hydrogens (tertiary/aromatic N) is 1. The van der Waals surface area contributed by atoms with Crippen LogP contribution >= 0.6 is 11.6 Å². The minimum atomic E-state index is -1.14. The van der Waals surface area contributed by atoms with Crippen LogP contribution in [0.4, 0.5) is 0 Å². The number of Topliss-reactive ketones (excluding diaryl/α,β-unsaturated/α-hetero) is 1. The first-order valence-electron chi connectivity index (χ1n) is 19.4. The first kappa shape index (κ1) is 41.7. The van der Waals surface area contributed by atoms with Gasteiger partial charge in [-0.1, -0.05) is 89.2 Å². The summed E-state index contributed by atoms with van der Waals surface area (Å²) in [6, 6.07) is 10.7. The van der Waals surface area contributed by atoms with Gasteiger partial charge in [0.05, 0.1) is 31.4 Å². The van der Waals surface area contributed by atoms with Crippen LogP contribution < -0.4 is 26.2 Å². The molecule has 55 heavy (non-hydrogen) atoms. The molecule has 3 aliphatic rings. The number of nitrogens with one attached hydrogen (secondary N) is 4. The van der Waals surface area contributed by atoms with Gasteiger partial charge in [-0.25, -0.2) is 0 Å². The molecule has 2 heterocycles. The van der Waals surface area contributed by atoms with Crippen molar-refractivity contribution in [3.05, 3.63) is 70.8 Å². The van der Waals surface area contributed by atoms with E-state index < -0.39 is 58.7 Å². The molecule has 13 heteroatoms. The van der Waals surface area contributed by atoms with E-state index in [4.69, 9.17) is 21.2 Å². The van der Waals surface area contributed by atoms with E-state index in [-0.39, 0.29) is 31.2 Å². The highest BCUT2D eigenvalue weighted by Crippen LogP contribution is 2.39. The Bertz CT molecular complexity index is 1770. The third-order valence-electron chi connectivity index (χ3n) is 10.8. The monoisotopic (exact) mass is 777 g/mol. The van der Waals surface area contributed by atoms with Crippen LogP contribution in [0, 0.1) is 11.3 Å². The van der Waals surface area contributed by atoms with Crippen molar-refractivity contribution < 1.29 is 33.5 Å². The molecular formula is C42H56ClN5O7. The van der Waals surface area contributed by atoms with Gasteiger partial charge >= 0.3 is 0 Å². The summed E-state index contributed by atoms with van der Waals surface area (Å²) in [5, 5.41) is 9.14. The molecule has 5 rings (SSSR count). The van der Waals surface area contributed by atoms with Gasteiger partial charge in [0.1, 0.15) is 23.4 Å². The minimum absolute atomic E-state index is 0.00299. The lowest BCUT2D eigenvalue weighted by atomic mass is 9.84. The lowest BCUT2D eigenvalue weighted by Crippen LogP contribution is -2.59. The fraction of sp³-hybridized carbons (Fsp3) is 0.548. The van der Waals surface area contributed by atoms with Crippen LogP contribution in [0.2, 0.25) is 5.02 Å². The molecule has 0 radical (unpaired) electrons. The molecule has 2 aromatic carbocycles. The number of hydrogen-bond acceptors (Lipinski definition) is 8. The lowest BCUT2D eigenvalue weighted by molar-refractivity contribution is -0.145. The number of benzene rings is 2. The smallest absolute Gasteiger partial charge is 0.290 e. The maximum Gasteiger partial charge on any atom is 0.290 e. The Hall–Kier alpha value is -4.42. The van der Waals surface area contributed by atoms with Crippen molar-refractivity contribution in [3.8, 4) is 5.75 Å². The highest BCUT2D eigenvalue weighted by Gasteiger charge is 2.54. The zero-order valence-corrected chi connectivity index (χ0v) is 33.6. The Balaban J connectivity index is 1.39. The van der Waals surface area contributed by atoms with Crippen molar-refractivity contribution >= 4 is 46.7 Å². The zero-order valence-electron chi connectivity index (χ0n) is 32.8. The maximum atomic E-state index is 14.7. The van der Waals surface area contributed by atoms with Gasteiger partial charge in [0, 0.05) is 23.4 Å². The van der Waals surface area contributed by atoms with Gasteiger partial charge in [-0.05, 0) is 73.4 Å². The molecule has 4 amide bonds. The second-order valence-corrected chi connectivity index (χ2v) is 16.7. The zero-order chi connectivity index (χ0) is 39.9. The maximum absolute atomic E-state index is 14.7. The number of rotatable bonds is 14. The molecule has 2 fully saturated rings. The Morgan fingerprint density at radius 2 is 1.75 bits per heavy atom. The van der Waals surface area contributed by atoms with Crippen molar-refractivity contribution in [2.45, 2.75) is 122 Å². The third kappa shape index (κ3) is 10.5. The number of halogens is 1. The average molecular weight is 778 g/mol. The molecule has 1 saturated heterocycles. The molecule has 5 atom stereocenters. The predicted octanol–water partition coefficient (Wildman–Crippen LogP) is 5.80. The highest BCUT2D eigenvalue weighted by molar-refractivity contribution is 6.38. The standard InChI is InChI=1S/C42H56ClN5O7/c1-7-13-32(36(50)39(52)44-26(2)28-16-12-19-31(22-28)54-6)45-38(51)34-24-42(23-33(47-55-42)29-17-11-18-30(43)21-29)25-48(34)40(53)37(41(3,4)5)46-35(49)20-27-14-9-8-10-15-27/h11-12,16-19,21-23,26-27,32,34,37,47H,7-10,13-15,20,24-25H2,1-6H3,(H,44,52)(H,45,51)(H,46,49)/t26-,32-,34-,37+,42+/m0/s1. The van der Waals surface area contributed by atoms with E-state index in [1.807, 2.05) is 52.0 Å². The van der Waals surface area contributed by atoms with Crippen molar-refractivity contribution in [1.29, 1.82) is 0 Å². The van der Waals surface area contributed by atoms with Crippen molar-refractivity contribution in [3.63, 3.8) is 0 Å². The summed E-state index contributed by atoms with van der Waals surface area (Å²) >= 11 is 6.28. The Kier molecular flexibility index (Phi) is 13.7. The summed E-state index contributed by atoms with van der Waals surface area (Å²) in [4.78, 5) is 77.1. The summed E-state index contributed by atoms with van der Waals surface area (Å²) in [6.45, 7) is 9.25. The number of likely N-dealkylation sites (tertiary alicyclic amines) is 1. The third-order valence-corrected chi connectivity index (χ3v) is 11.1. The van der Waals surface area contributed by atoms with Gasteiger partial charge < -0.3 is 25.6 Å². The van der Waals surface area contributed by atoms with E-state index in [0.717, 1.165) is 36.8 Å². The lowest BCUT2D eigenvalue weighted by Gasteiger charge is -2.36. The molecule has 4 N–H and O–H groups in total. The SMILES string of the molecule is CCC[C@H](NC(=O)[C@@H]1C[C@]2(C=C(c3cccc(Cl)c3)NO2)CN1C(=O)[C@@H](NC(=O)CC1CCCCC1)C(C)(C)C)C(=O)C(=O)N[C@@H](C)c1cccc(OC)c1. The predicted molar refractivity (Wildman–Crippen MR) is 210 cm³/mol. The van der Waals surface area contributed by atoms with E-state index in [1.54, 1.807) is 44.4 Å². The number of ketones is 1. The summed E-state index contributed by atoms with van der Waals surface area (Å²) in [6.07, 6.45) is 8.28. The van der Waals surface area contributed by atoms with E-state index in [2.05, 4.69) is 21.4 Å². The quantitative estimate of drug-likeness (QED) is 0.176. The molecule has 298 valence electrons. The molecule has 0 unspecified atom stereocenters. The Morgan fingerprint density at radius 1 is 1.02 bits per heavy atom. The van der Waals surface area contributed by atoms with Crippen LogP contribution in [-0.2, 0) is 28.8 Å². The second-order valence-electron chi connectivity index (χ2n) is 16.3. The highest BCUT2D eigenvalue weighted by atomic mass is 35.5. The number of carbonyl (C=O) groups excluding carboxylic acids is 5. The number of hydrogen-bond donors (Lipinski definition) is 4. The van der Waals surface area contributed by atoms with Gasteiger partial charge in [-0.3, -0.25) is 34.3 Å². The van der Waals surface area contributed by atoms with Crippen LogP contribution in [0.15, 0.2) is 54.6 Å². The van der Waals surface area contributed by atoms with E-state index in [1.165, 1.54) is 11.3 Å². The molecule has 2 aromatic rings. The molecule has 1 saturated carbocycles. The fourth-order valence-electron chi connectivity index (χ4n) is 7.76. The molecule has 0 aromatic heterocycles. The summed E-state index contributed by atoms with van der Waals surface area (Å²) in [7, 11) is 1.55. The van der Waals surface area contributed by atoms with Crippen LogP contribution in [-0.4, -0.2) is 71.7 Å². The number of amides is 4. The summed E-state index contributed by atoms with van der Waals surface area (Å²) in [5.74, 6) is -1.97. The molecule has 12 nitrogen and oxygen atoms in total. The summed E-state index contributed by atoms with van der Waals surface area (Å²) in [5.41, 5.74) is 3.29. The number of carbonyl (C=O) groups is 5. The van der Waals surface area contributed by atoms with Crippen LogP contribution in [0.25, 0.3) is 5.70 Å². The Morgan fingerprint density at radius 3 is 2.42 bits per heavy atom. The van der Waals surface area contributed by atoms with Crippen LogP contribution in [0.3, 0.4) is 0 Å². The van der Waals surface area contributed by atoms with Crippen molar-refractivity contribution in [2.24, 2.45) is 11.3 Å². The summed E-state index contributed by atoms with van der Waals surface area (Å²) < 4.78 is 5.30. The van der Waals surface area contributed by atoms with Gasteiger partial charge in [-0.2, -0.15) is 0 Å². The van der Waals surface area contributed by atoms with E-state index in [9.17, 15) is 24.0 Å². The van der Waals surface area contributed by atoms with Gasteiger partial charge in [-0.15, -0.1) is 0 Å². The number of methoxy groups -OCH3 is 1. The van der Waals surface area contributed by atoms with Gasteiger partial charge in [0.2, 0.25) is 23.5 Å². The normalized spacial score (nSPS) is 21.5. The first-order chi connectivity index (χ1) is 26.1. The van der Waals surface area contributed by atoms with E-state index in [0.29, 0.717) is 29.3 Å². The van der Waals surface area contributed by atoms with Crippen LogP contribution in [0.5, 0.6) is 5.75 Å². The molecule has 0 bridgehead atoms. The average Bonchev–Trinajstić information content (AvgIpc) is 3.76. The second kappa shape index (κ2) is 18.0. The first-order valence-corrected chi connectivity index (χ1v) is 19.8. The van der Waals surface area contributed by atoms with Crippen LogP contribution in [0.1, 0.15) is 110 Å². The largest absolute Gasteiger partial charge is 0.497 e. The molecule has 1 spiro atoms. The molecule has 2 aliphatic heterocycles. The Labute approximate surface area is 329 Å². The number of ether oxygens (including phenoxy) is 1. The minimum Gasteiger partial charge on any atom is -0.497 e. The topological polar surface area (TPSA) is 155 Å². The molecular weight excluding hydrogens is 722 g/mol. The van der Waals surface area contributed by atoms with E-state index >= 15 is 0 Å². The molecule has 1 aliphatic carbocycles. The fourth-order valence-corrected chi connectivity index (χ4v) is 7.95. The van der Waals surface area contributed by atoms with Gasteiger partial charge in [0.25, 0.3) is 5.91 Å². The number of hydroxylamine groups is 1. The van der Waals surface area contributed by atoms with Gasteiger partial charge in [0.15, 0.2) is 0 Å². The van der Waals surface area contributed by atoms with Crippen molar-refractivity contribution in [1.82, 2.24) is 26.3 Å². The van der Waals surface area contributed by atoms with Crippen molar-refractivity contribution in [2.75, 3.05) is 13.7 Å².